The molecule has 22 heavy (non-hydrogen) atoms. The van der Waals surface area contributed by atoms with Gasteiger partial charge in [-0.3, -0.25) is 4.79 Å². The Hall–Kier alpha value is -1.77. The zero-order valence-electron chi connectivity index (χ0n) is 12.0. The van der Waals surface area contributed by atoms with Gasteiger partial charge in [0.25, 0.3) is 0 Å². The quantitative estimate of drug-likeness (QED) is 0.574. The van der Waals surface area contributed by atoms with Crippen molar-refractivity contribution in [3.05, 3.63) is 38.9 Å². The predicted molar refractivity (Wildman–Crippen MR) is 87.3 cm³/mol. The number of hydrogen-bond donors (Lipinski definition) is 0. The maximum Gasteiger partial charge on any atom is 0.359 e. The second-order valence-corrected chi connectivity index (χ2v) is 6.16. The van der Waals surface area contributed by atoms with E-state index >= 15 is 0 Å². The van der Waals surface area contributed by atoms with Crippen LogP contribution >= 0.6 is 22.6 Å². The average molecular weight is 411 g/mol. The Balaban J connectivity index is 2.17. The van der Waals surface area contributed by atoms with Gasteiger partial charge in [-0.15, -0.1) is 0 Å². The SMILES string of the molecule is CCOC(=O)c1nn(-c2cc(I)ccn2)c2c1C(=O)CCC2. The molecule has 3 rings (SSSR count). The van der Waals surface area contributed by atoms with Crippen LogP contribution in [0.5, 0.6) is 0 Å². The number of fused-ring (bicyclic) bond motifs is 1. The van der Waals surface area contributed by atoms with Gasteiger partial charge in [0, 0.05) is 16.2 Å². The molecule has 1 aliphatic carbocycles. The molecule has 0 fully saturated rings. The number of Topliss-reactive ketones (excluding diaryl/α,β-unsaturated/α-hetero) is 1. The Morgan fingerprint density at radius 1 is 1.45 bits per heavy atom. The molecule has 2 aromatic rings. The molecular formula is C15H14IN3O3. The highest BCUT2D eigenvalue weighted by atomic mass is 127. The van der Waals surface area contributed by atoms with Crippen molar-refractivity contribution in [2.24, 2.45) is 0 Å². The Labute approximate surface area is 141 Å². The lowest BCUT2D eigenvalue weighted by Crippen LogP contribution is -2.16. The molecule has 0 amide bonds. The second kappa shape index (κ2) is 6.15. The molecule has 0 atom stereocenters. The summed E-state index contributed by atoms with van der Waals surface area (Å²) < 4.78 is 7.63. The van der Waals surface area contributed by atoms with E-state index in [2.05, 4.69) is 32.7 Å². The van der Waals surface area contributed by atoms with Crippen LogP contribution in [0.25, 0.3) is 5.82 Å². The predicted octanol–water partition coefficient (Wildman–Crippen LogP) is 2.57. The third kappa shape index (κ3) is 2.65. The van der Waals surface area contributed by atoms with Crippen LogP contribution in [-0.2, 0) is 11.2 Å². The number of carbonyl (C=O) groups is 2. The molecule has 114 valence electrons. The first-order valence-corrected chi connectivity index (χ1v) is 8.13. The minimum absolute atomic E-state index is 0.0545. The van der Waals surface area contributed by atoms with Gasteiger partial charge in [0.1, 0.15) is 0 Å². The second-order valence-electron chi connectivity index (χ2n) is 4.91. The van der Waals surface area contributed by atoms with E-state index in [1.54, 1.807) is 17.8 Å². The first kappa shape index (κ1) is 15.1. The molecule has 7 heteroatoms. The van der Waals surface area contributed by atoms with Gasteiger partial charge in [-0.1, -0.05) is 0 Å². The topological polar surface area (TPSA) is 74.1 Å². The molecule has 1 aliphatic rings. The normalized spacial score (nSPS) is 13.8. The highest BCUT2D eigenvalue weighted by Gasteiger charge is 2.31. The number of rotatable bonds is 3. The van der Waals surface area contributed by atoms with Crippen LogP contribution in [0.3, 0.4) is 0 Å². The molecule has 2 aromatic heterocycles. The van der Waals surface area contributed by atoms with Crippen LogP contribution in [0.15, 0.2) is 18.3 Å². The van der Waals surface area contributed by atoms with E-state index in [9.17, 15) is 9.59 Å². The molecule has 2 heterocycles. The summed E-state index contributed by atoms with van der Waals surface area (Å²) in [5, 5.41) is 4.33. The first-order chi connectivity index (χ1) is 10.6. The van der Waals surface area contributed by atoms with Crippen molar-refractivity contribution in [3.63, 3.8) is 0 Å². The minimum Gasteiger partial charge on any atom is -0.461 e. The summed E-state index contributed by atoms with van der Waals surface area (Å²) in [7, 11) is 0. The van der Waals surface area contributed by atoms with E-state index in [4.69, 9.17) is 4.74 Å². The number of carbonyl (C=O) groups excluding carboxylic acids is 2. The number of halogens is 1. The van der Waals surface area contributed by atoms with Gasteiger partial charge in [0.2, 0.25) is 0 Å². The van der Waals surface area contributed by atoms with Gasteiger partial charge >= 0.3 is 5.97 Å². The molecule has 6 nitrogen and oxygen atoms in total. The lowest BCUT2D eigenvalue weighted by Gasteiger charge is -2.12. The summed E-state index contributed by atoms with van der Waals surface area (Å²) >= 11 is 2.19. The Bertz CT molecular complexity index is 754. The smallest absolute Gasteiger partial charge is 0.359 e. The van der Waals surface area contributed by atoms with Gasteiger partial charge in [-0.2, -0.15) is 5.10 Å². The first-order valence-electron chi connectivity index (χ1n) is 7.06. The van der Waals surface area contributed by atoms with E-state index in [1.807, 2.05) is 12.1 Å². The molecule has 0 aliphatic heterocycles. The molecule has 0 radical (unpaired) electrons. The summed E-state index contributed by atoms with van der Waals surface area (Å²) in [5.41, 5.74) is 1.24. The van der Waals surface area contributed by atoms with Gasteiger partial charge < -0.3 is 4.74 Å². The van der Waals surface area contributed by atoms with E-state index in [0.29, 0.717) is 24.2 Å². The minimum atomic E-state index is -0.557. The van der Waals surface area contributed by atoms with E-state index in [0.717, 1.165) is 15.7 Å². The van der Waals surface area contributed by atoms with Gasteiger partial charge in [0.15, 0.2) is 17.3 Å². The van der Waals surface area contributed by atoms with Gasteiger partial charge in [0.05, 0.1) is 17.9 Å². The van der Waals surface area contributed by atoms with Crippen molar-refractivity contribution in [1.29, 1.82) is 0 Å². The van der Waals surface area contributed by atoms with E-state index < -0.39 is 5.97 Å². The number of hydrogen-bond acceptors (Lipinski definition) is 5. The van der Waals surface area contributed by atoms with Crippen LogP contribution in [0.4, 0.5) is 0 Å². The molecule has 0 bridgehead atoms. The standard InChI is InChI=1S/C15H14IN3O3/c1-2-22-15(21)14-13-10(4-3-5-11(13)20)19(18-14)12-8-9(16)6-7-17-12/h6-8H,2-5H2,1H3. The fraction of sp³-hybridized carbons (Fsp3) is 0.333. The van der Waals surface area contributed by atoms with Crippen molar-refractivity contribution in [2.75, 3.05) is 6.61 Å². The van der Waals surface area contributed by atoms with Crippen LogP contribution in [-0.4, -0.2) is 33.1 Å². The zero-order chi connectivity index (χ0) is 15.7. The third-order valence-corrected chi connectivity index (χ3v) is 4.14. The van der Waals surface area contributed by atoms with Crippen molar-refractivity contribution >= 4 is 34.3 Å². The van der Waals surface area contributed by atoms with Crippen LogP contribution in [0.1, 0.15) is 46.3 Å². The monoisotopic (exact) mass is 411 g/mol. The zero-order valence-corrected chi connectivity index (χ0v) is 14.2. The molecule has 0 saturated heterocycles. The number of ketones is 1. The largest absolute Gasteiger partial charge is 0.461 e. The summed E-state index contributed by atoms with van der Waals surface area (Å²) in [6.45, 7) is 1.97. The molecule has 0 aromatic carbocycles. The Kier molecular flexibility index (Phi) is 4.23. The van der Waals surface area contributed by atoms with Crippen molar-refractivity contribution < 1.29 is 14.3 Å². The van der Waals surface area contributed by atoms with E-state index in [1.165, 1.54) is 0 Å². The third-order valence-electron chi connectivity index (χ3n) is 3.47. The van der Waals surface area contributed by atoms with Crippen molar-refractivity contribution in [2.45, 2.75) is 26.2 Å². The highest BCUT2D eigenvalue weighted by molar-refractivity contribution is 14.1. The molecule has 0 spiro atoms. The van der Waals surface area contributed by atoms with Crippen LogP contribution in [0, 0.1) is 3.57 Å². The summed E-state index contributed by atoms with van der Waals surface area (Å²) in [6.07, 6.45) is 3.56. The highest BCUT2D eigenvalue weighted by Crippen LogP contribution is 2.27. The molecule has 0 N–H and O–H groups in total. The van der Waals surface area contributed by atoms with Gasteiger partial charge in [-0.05, 0) is 54.5 Å². The van der Waals surface area contributed by atoms with E-state index in [-0.39, 0.29) is 18.1 Å². The number of esters is 1. The number of aromatic nitrogens is 3. The maximum atomic E-state index is 12.2. The van der Waals surface area contributed by atoms with Crippen molar-refractivity contribution in [3.8, 4) is 5.82 Å². The summed E-state index contributed by atoms with van der Waals surface area (Å²) in [5.74, 6) is -0.00652. The van der Waals surface area contributed by atoms with Crippen LogP contribution < -0.4 is 0 Å². The number of nitrogens with zero attached hydrogens (tertiary/aromatic N) is 3. The summed E-state index contributed by atoms with van der Waals surface area (Å²) in [6, 6.07) is 3.74. The lowest BCUT2D eigenvalue weighted by atomic mass is 9.94. The van der Waals surface area contributed by atoms with Crippen LogP contribution in [0.2, 0.25) is 0 Å². The summed E-state index contributed by atoms with van der Waals surface area (Å²) in [4.78, 5) is 28.6. The number of pyridine rings is 1. The molecule has 0 unspecified atom stereocenters. The molecule has 0 saturated carbocycles. The maximum absolute atomic E-state index is 12.2. The Morgan fingerprint density at radius 3 is 3.00 bits per heavy atom. The fourth-order valence-corrected chi connectivity index (χ4v) is 3.00. The van der Waals surface area contributed by atoms with Crippen molar-refractivity contribution in [1.82, 2.24) is 14.8 Å². The van der Waals surface area contributed by atoms with Gasteiger partial charge in [-0.25, -0.2) is 14.5 Å². The molecular weight excluding hydrogens is 397 g/mol. The lowest BCUT2D eigenvalue weighted by molar-refractivity contribution is 0.0515. The average Bonchev–Trinajstić information content (AvgIpc) is 2.88. The number of ether oxygens (including phenoxy) is 1. The fourth-order valence-electron chi connectivity index (χ4n) is 2.56. The Morgan fingerprint density at radius 2 is 2.27 bits per heavy atom.